The van der Waals surface area contributed by atoms with Gasteiger partial charge >= 0.3 is 6.03 Å². The first-order valence-electron chi connectivity index (χ1n) is 6.74. The van der Waals surface area contributed by atoms with Crippen LogP contribution in [0, 0.1) is 0 Å². The number of amides is 2. The lowest BCUT2D eigenvalue weighted by atomic mass is 10.3. The van der Waals surface area contributed by atoms with Crippen LogP contribution in [0.1, 0.15) is 6.92 Å². The minimum Gasteiger partial charge on any atom is -0.508 e. The molecule has 6 nitrogen and oxygen atoms in total. The van der Waals surface area contributed by atoms with Gasteiger partial charge in [-0.3, -0.25) is 0 Å². The molecule has 0 aliphatic heterocycles. The number of carbonyl (C=O) groups excluding carboxylic acids is 1. The van der Waals surface area contributed by atoms with Crippen molar-refractivity contribution < 1.29 is 19.4 Å². The van der Waals surface area contributed by atoms with Crippen molar-refractivity contribution in [3.05, 3.63) is 48.5 Å². The van der Waals surface area contributed by atoms with Gasteiger partial charge in [-0.05, 0) is 55.5 Å². The topological polar surface area (TPSA) is 79.8 Å². The normalized spacial score (nSPS) is 11.4. The van der Waals surface area contributed by atoms with Gasteiger partial charge < -0.3 is 25.2 Å². The summed E-state index contributed by atoms with van der Waals surface area (Å²) in [6.45, 7) is 1.71. The van der Waals surface area contributed by atoms with E-state index in [1.54, 1.807) is 50.4 Å². The molecule has 0 saturated carbocycles. The van der Waals surface area contributed by atoms with E-state index in [1.807, 2.05) is 0 Å². The van der Waals surface area contributed by atoms with Crippen LogP contribution in [-0.4, -0.2) is 24.5 Å². The van der Waals surface area contributed by atoms with Crippen molar-refractivity contribution in [1.29, 1.82) is 0 Å². The number of hydrogen-bond donors (Lipinski definition) is 3. The van der Waals surface area contributed by atoms with Gasteiger partial charge in [0.2, 0.25) is 0 Å². The molecule has 0 heterocycles. The number of anilines is 1. The second kappa shape index (κ2) is 7.21. The minimum atomic E-state index is -0.525. The van der Waals surface area contributed by atoms with Crippen LogP contribution >= 0.6 is 0 Å². The van der Waals surface area contributed by atoms with Gasteiger partial charge in [-0.1, -0.05) is 0 Å². The zero-order valence-electron chi connectivity index (χ0n) is 12.4. The third kappa shape index (κ3) is 4.59. The smallest absolute Gasteiger partial charge is 0.322 e. The number of rotatable bonds is 5. The van der Waals surface area contributed by atoms with E-state index in [9.17, 15) is 9.90 Å². The fourth-order valence-electron chi connectivity index (χ4n) is 1.78. The Kier molecular flexibility index (Phi) is 5.08. The van der Waals surface area contributed by atoms with Crippen molar-refractivity contribution in [2.75, 3.05) is 12.4 Å². The maximum absolute atomic E-state index is 11.8. The SMILES string of the molecule is COc1ccc(NC(=O)NC(C)Oc2ccc(O)cc2)cc1. The second-order valence-corrected chi connectivity index (χ2v) is 4.58. The van der Waals surface area contributed by atoms with Gasteiger partial charge in [0, 0.05) is 5.69 Å². The van der Waals surface area contributed by atoms with Crippen LogP contribution in [0.15, 0.2) is 48.5 Å². The summed E-state index contributed by atoms with van der Waals surface area (Å²) in [6, 6.07) is 12.9. The molecule has 0 spiro atoms. The zero-order valence-corrected chi connectivity index (χ0v) is 12.4. The van der Waals surface area contributed by atoms with Crippen molar-refractivity contribution in [3.8, 4) is 17.2 Å². The number of phenols is 1. The Bertz CT molecular complexity index is 611. The van der Waals surface area contributed by atoms with Gasteiger partial charge in [0.05, 0.1) is 7.11 Å². The molecule has 0 saturated heterocycles. The first-order valence-corrected chi connectivity index (χ1v) is 6.74. The Labute approximate surface area is 128 Å². The second-order valence-electron chi connectivity index (χ2n) is 4.58. The molecule has 116 valence electrons. The van der Waals surface area contributed by atoms with Crippen LogP contribution in [0.4, 0.5) is 10.5 Å². The molecule has 2 rings (SSSR count). The fraction of sp³-hybridized carbons (Fsp3) is 0.188. The molecule has 6 heteroatoms. The van der Waals surface area contributed by atoms with Crippen LogP contribution in [0.25, 0.3) is 0 Å². The van der Waals surface area contributed by atoms with Crippen molar-refractivity contribution in [2.24, 2.45) is 0 Å². The lowest BCUT2D eigenvalue weighted by Gasteiger charge is -2.16. The Morgan fingerprint density at radius 3 is 2.23 bits per heavy atom. The number of phenolic OH excluding ortho intramolecular Hbond substituents is 1. The predicted molar refractivity (Wildman–Crippen MR) is 83.3 cm³/mol. The highest BCUT2D eigenvalue weighted by molar-refractivity contribution is 5.89. The molecule has 0 aliphatic rings. The van der Waals surface area contributed by atoms with E-state index in [1.165, 1.54) is 12.1 Å². The van der Waals surface area contributed by atoms with E-state index >= 15 is 0 Å². The van der Waals surface area contributed by atoms with Crippen LogP contribution < -0.4 is 20.1 Å². The highest BCUT2D eigenvalue weighted by Gasteiger charge is 2.08. The first-order chi connectivity index (χ1) is 10.6. The molecular formula is C16H18N2O4. The average molecular weight is 302 g/mol. The molecule has 0 aromatic heterocycles. The molecular weight excluding hydrogens is 284 g/mol. The summed E-state index contributed by atoms with van der Waals surface area (Å²) in [5.74, 6) is 1.43. The third-order valence-corrected chi connectivity index (χ3v) is 2.83. The number of carbonyl (C=O) groups is 1. The van der Waals surface area contributed by atoms with Gasteiger partial charge in [-0.2, -0.15) is 0 Å². The molecule has 3 N–H and O–H groups in total. The number of aromatic hydroxyl groups is 1. The number of methoxy groups -OCH3 is 1. The molecule has 2 aromatic rings. The Morgan fingerprint density at radius 1 is 1.05 bits per heavy atom. The lowest BCUT2D eigenvalue weighted by Crippen LogP contribution is -2.39. The molecule has 0 fully saturated rings. The van der Waals surface area contributed by atoms with Gasteiger partial charge in [0.25, 0.3) is 0 Å². The monoisotopic (exact) mass is 302 g/mol. The fourth-order valence-corrected chi connectivity index (χ4v) is 1.78. The summed E-state index contributed by atoms with van der Waals surface area (Å²) in [4.78, 5) is 11.8. The average Bonchev–Trinajstić information content (AvgIpc) is 2.50. The number of hydrogen-bond acceptors (Lipinski definition) is 4. The first kappa shape index (κ1) is 15.5. The number of urea groups is 1. The van der Waals surface area contributed by atoms with Crippen LogP contribution in [0.5, 0.6) is 17.2 Å². The molecule has 0 bridgehead atoms. The summed E-state index contributed by atoms with van der Waals surface area (Å²) in [6.07, 6.45) is -0.525. The van der Waals surface area contributed by atoms with Crippen LogP contribution in [0.2, 0.25) is 0 Å². The van der Waals surface area contributed by atoms with Crippen molar-refractivity contribution in [2.45, 2.75) is 13.2 Å². The predicted octanol–water partition coefficient (Wildman–Crippen LogP) is 2.95. The molecule has 2 aromatic carbocycles. The van der Waals surface area contributed by atoms with Crippen molar-refractivity contribution >= 4 is 11.7 Å². The Balaban J connectivity index is 1.83. The standard InChI is InChI=1S/C16H18N2O4/c1-11(22-15-9-5-13(19)6-10-15)17-16(20)18-12-3-7-14(21-2)8-4-12/h3-11,19H,1-2H3,(H2,17,18,20). The van der Waals surface area contributed by atoms with E-state index in [2.05, 4.69) is 10.6 Å². The van der Waals surface area contributed by atoms with E-state index in [4.69, 9.17) is 9.47 Å². The van der Waals surface area contributed by atoms with Gasteiger partial charge in [-0.25, -0.2) is 4.79 Å². The summed E-state index contributed by atoms with van der Waals surface area (Å²) >= 11 is 0. The number of ether oxygens (including phenoxy) is 2. The minimum absolute atomic E-state index is 0.158. The summed E-state index contributed by atoms with van der Waals surface area (Å²) in [5, 5.41) is 14.5. The maximum atomic E-state index is 11.8. The number of benzene rings is 2. The van der Waals surface area contributed by atoms with Gasteiger partial charge in [-0.15, -0.1) is 0 Å². The van der Waals surface area contributed by atoms with E-state index in [0.29, 0.717) is 11.4 Å². The molecule has 0 aliphatic carbocycles. The Morgan fingerprint density at radius 2 is 1.64 bits per heavy atom. The summed E-state index contributed by atoms with van der Waals surface area (Å²) in [7, 11) is 1.58. The van der Waals surface area contributed by atoms with E-state index in [0.717, 1.165) is 5.75 Å². The van der Waals surface area contributed by atoms with E-state index < -0.39 is 6.23 Å². The molecule has 1 atom stereocenters. The highest BCUT2D eigenvalue weighted by atomic mass is 16.5. The number of nitrogens with one attached hydrogen (secondary N) is 2. The highest BCUT2D eigenvalue weighted by Crippen LogP contribution is 2.17. The van der Waals surface area contributed by atoms with Crippen molar-refractivity contribution in [1.82, 2.24) is 5.32 Å². The van der Waals surface area contributed by atoms with Crippen LogP contribution in [-0.2, 0) is 0 Å². The van der Waals surface area contributed by atoms with Gasteiger partial charge in [0.1, 0.15) is 17.2 Å². The zero-order chi connectivity index (χ0) is 15.9. The van der Waals surface area contributed by atoms with E-state index in [-0.39, 0.29) is 11.8 Å². The molecule has 1 unspecified atom stereocenters. The van der Waals surface area contributed by atoms with Crippen LogP contribution in [0.3, 0.4) is 0 Å². The quantitative estimate of drug-likeness (QED) is 0.742. The molecule has 22 heavy (non-hydrogen) atoms. The maximum Gasteiger partial charge on any atom is 0.322 e. The Hall–Kier alpha value is -2.89. The molecule has 0 radical (unpaired) electrons. The van der Waals surface area contributed by atoms with Crippen molar-refractivity contribution in [3.63, 3.8) is 0 Å². The molecule has 2 amide bonds. The van der Waals surface area contributed by atoms with Gasteiger partial charge in [0.15, 0.2) is 6.23 Å². The third-order valence-electron chi connectivity index (χ3n) is 2.83. The lowest BCUT2D eigenvalue weighted by molar-refractivity contribution is 0.183. The summed E-state index contributed by atoms with van der Waals surface area (Å²) in [5.41, 5.74) is 0.648. The summed E-state index contributed by atoms with van der Waals surface area (Å²) < 4.78 is 10.6. The largest absolute Gasteiger partial charge is 0.508 e.